The van der Waals surface area contributed by atoms with Gasteiger partial charge >= 0.3 is 5.69 Å². The second-order valence-corrected chi connectivity index (χ2v) is 5.30. The highest BCUT2D eigenvalue weighted by Crippen LogP contribution is 2.32. The van der Waals surface area contributed by atoms with Crippen molar-refractivity contribution in [2.45, 2.75) is 20.0 Å². The Balaban J connectivity index is 1.82. The van der Waals surface area contributed by atoms with E-state index < -0.39 is 11.0 Å². The van der Waals surface area contributed by atoms with E-state index >= 15 is 0 Å². The summed E-state index contributed by atoms with van der Waals surface area (Å²) in [5.41, 5.74) is 1.49. The van der Waals surface area contributed by atoms with Gasteiger partial charge in [-0.15, -0.1) is 10.2 Å². The number of hydrogen-bond donors (Lipinski definition) is 0. The summed E-state index contributed by atoms with van der Waals surface area (Å²) in [4.78, 5) is 10.7. The molecule has 1 heterocycles. The topological polar surface area (TPSA) is 91.3 Å². The number of nitro groups is 1. The van der Waals surface area contributed by atoms with E-state index in [9.17, 15) is 10.1 Å². The van der Waals surface area contributed by atoms with Crippen molar-refractivity contribution in [1.82, 2.24) is 10.2 Å². The van der Waals surface area contributed by atoms with Gasteiger partial charge in [-0.05, 0) is 37.6 Å². The summed E-state index contributed by atoms with van der Waals surface area (Å²) in [6, 6.07) is 14.1. The Morgan fingerprint density at radius 2 is 1.92 bits per heavy atom. The molecule has 0 fully saturated rings. The van der Waals surface area contributed by atoms with Crippen LogP contribution in [0.15, 0.2) is 52.9 Å². The van der Waals surface area contributed by atoms with Crippen LogP contribution in [-0.4, -0.2) is 15.1 Å². The van der Waals surface area contributed by atoms with E-state index in [0.717, 1.165) is 11.1 Å². The van der Waals surface area contributed by atoms with Gasteiger partial charge in [-0.2, -0.15) is 0 Å². The number of aryl methyl sites for hydroxylation is 1. The molecule has 122 valence electrons. The van der Waals surface area contributed by atoms with Crippen molar-refractivity contribution in [1.29, 1.82) is 0 Å². The van der Waals surface area contributed by atoms with Crippen molar-refractivity contribution >= 4 is 5.69 Å². The predicted octanol–water partition coefficient (Wildman–Crippen LogP) is 4.09. The molecule has 1 atom stereocenters. The lowest BCUT2D eigenvalue weighted by atomic mass is 10.2. The molecule has 3 rings (SSSR count). The molecule has 0 aliphatic carbocycles. The van der Waals surface area contributed by atoms with Crippen LogP contribution in [0.1, 0.15) is 24.5 Å². The fourth-order valence-corrected chi connectivity index (χ4v) is 2.21. The van der Waals surface area contributed by atoms with Gasteiger partial charge in [0.15, 0.2) is 11.9 Å². The van der Waals surface area contributed by atoms with E-state index in [2.05, 4.69) is 10.2 Å². The van der Waals surface area contributed by atoms with Crippen LogP contribution in [0, 0.1) is 17.0 Å². The molecule has 0 aliphatic heterocycles. The van der Waals surface area contributed by atoms with Crippen molar-refractivity contribution in [2.75, 3.05) is 0 Å². The molecular formula is C17H15N3O4. The van der Waals surface area contributed by atoms with E-state index in [4.69, 9.17) is 9.15 Å². The summed E-state index contributed by atoms with van der Waals surface area (Å²) in [6.45, 7) is 3.48. The number of aromatic nitrogens is 2. The maximum Gasteiger partial charge on any atom is 0.311 e. The molecule has 7 nitrogen and oxygen atoms in total. The van der Waals surface area contributed by atoms with Gasteiger partial charge in [0.05, 0.1) is 4.92 Å². The number of nitrogens with zero attached hydrogens (tertiary/aromatic N) is 3. The normalized spacial score (nSPS) is 11.9. The van der Waals surface area contributed by atoms with Gasteiger partial charge < -0.3 is 9.15 Å². The molecule has 0 N–H and O–H groups in total. The standard InChI is InChI=1S/C17H15N3O4/c1-11-8-9-15(14(10-11)20(21)22)23-12(2)16-18-19-17(24-16)13-6-4-3-5-7-13/h3-10,12H,1-2H3. The van der Waals surface area contributed by atoms with Crippen LogP contribution >= 0.6 is 0 Å². The van der Waals surface area contributed by atoms with Crippen molar-refractivity contribution < 1.29 is 14.1 Å². The summed E-state index contributed by atoms with van der Waals surface area (Å²) >= 11 is 0. The molecule has 0 radical (unpaired) electrons. The van der Waals surface area contributed by atoms with Crippen molar-refractivity contribution in [3.63, 3.8) is 0 Å². The summed E-state index contributed by atoms with van der Waals surface area (Å²) in [6.07, 6.45) is -0.614. The van der Waals surface area contributed by atoms with Gasteiger partial charge in [-0.1, -0.05) is 24.3 Å². The highest BCUT2D eigenvalue weighted by molar-refractivity contribution is 5.52. The third-order valence-corrected chi connectivity index (χ3v) is 3.42. The van der Waals surface area contributed by atoms with Crippen LogP contribution in [0.2, 0.25) is 0 Å². The van der Waals surface area contributed by atoms with Crippen molar-refractivity contribution in [3.8, 4) is 17.2 Å². The van der Waals surface area contributed by atoms with Crippen LogP contribution in [0.25, 0.3) is 11.5 Å². The van der Waals surface area contributed by atoms with Gasteiger partial charge in [-0.25, -0.2) is 0 Å². The number of ether oxygens (including phenoxy) is 1. The number of benzene rings is 2. The fraction of sp³-hybridized carbons (Fsp3) is 0.176. The first-order valence-electron chi connectivity index (χ1n) is 7.35. The van der Waals surface area contributed by atoms with Gasteiger partial charge in [0, 0.05) is 11.6 Å². The van der Waals surface area contributed by atoms with Crippen LogP contribution in [0.4, 0.5) is 5.69 Å². The van der Waals surface area contributed by atoms with E-state index in [-0.39, 0.29) is 17.3 Å². The Labute approximate surface area is 138 Å². The minimum Gasteiger partial charge on any atom is -0.474 e. The third kappa shape index (κ3) is 3.24. The van der Waals surface area contributed by atoms with Crippen molar-refractivity contribution in [2.24, 2.45) is 0 Å². The number of rotatable bonds is 5. The molecule has 0 amide bonds. The molecule has 0 saturated heterocycles. The molecule has 0 bridgehead atoms. The Morgan fingerprint density at radius 1 is 1.17 bits per heavy atom. The molecule has 3 aromatic rings. The highest BCUT2D eigenvalue weighted by atomic mass is 16.6. The molecule has 1 aromatic heterocycles. The van der Waals surface area contributed by atoms with Gasteiger partial charge in [0.2, 0.25) is 5.89 Å². The predicted molar refractivity (Wildman–Crippen MR) is 86.6 cm³/mol. The molecule has 2 aromatic carbocycles. The maximum absolute atomic E-state index is 11.2. The fourth-order valence-electron chi connectivity index (χ4n) is 2.21. The molecule has 24 heavy (non-hydrogen) atoms. The number of hydrogen-bond acceptors (Lipinski definition) is 6. The average Bonchev–Trinajstić information content (AvgIpc) is 3.07. The third-order valence-electron chi connectivity index (χ3n) is 3.42. The van der Waals surface area contributed by atoms with E-state index in [0.29, 0.717) is 5.89 Å². The zero-order valence-electron chi connectivity index (χ0n) is 13.2. The summed E-state index contributed by atoms with van der Waals surface area (Å²) in [5.74, 6) is 0.792. The van der Waals surface area contributed by atoms with Crippen molar-refractivity contribution in [3.05, 3.63) is 70.1 Å². The van der Waals surface area contributed by atoms with Gasteiger partial charge in [0.1, 0.15) is 0 Å². The zero-order valence-corrected chi connectivity index (χ0v) is 13.2. The Kier molecular flexibility index (Phi) is 4.24. The lowest BCUT2D eigenvalue weighted by Crippen LogP contribution is -2.05. The Bertz CT molecular complexity index is 861. The quantitative estimate of drug-likeness (QED) is 0.518. The first-order valence-corrected chi connectivity index (χ1v) is 7.35. The minimum absolute atomic E-state index is 0.0929. The molecule has 7 heteroatoms. The lowest BCUT2D eigenvalue weighted by molar-refractivity contribution is -0.386. The first-order chi connectivity index (χ1) is 11.5. The Hall–Kier alpha value is -3.22. The molecular weight excluding hydrogens is 310 g/mol. The largest absolute Gasteiger partial charge is 0.474 e. The second-order valence-electron chi connectivity index (χ2n) is 5.30. The Morgan fingerprint density at radius 3 is 2.62 bits per heavy atom. The SMILES string of the molecule is Cc1ccc(OC(C)c2nnc(-c3ccccc3)o2)c([N+](=O)[O-])c1. The van der Waals surface area contributed by atoms with E-state index in [1.54, 1.807) is 26.0 Å². The minimum atomic E-state index is -0.614. The monoisotopic (exact) mass is 325 g/mol. The first kappa shape index (κ1) is 15.7. The molecule has 0 aliphatic rings. The average molecular weight is 325 g/mol. The van der Waals surface area contributed by atoms with Crippen LogP contribution in [-0.2, 0) is 0 Å². The van der Waals surface area contributed by atoms with Crippen LogP contribution in [0.5, 0.6) is 5.75 Å². The van der Waals surface area contributed by atoms with Gasteiger partial charge in [0.25, 0.3) is 5.89 Å². The highest BCUT2D eigenvalue weighted by Gasteiger charge is 2.21. The summed E-state index contributed by atoms with van der Waals surface area (Å²) < 4.78 is 11.3. The zero-order chi connectivity index (χ0) is 17.1. The molecule has 0 spiro atoms. The van der Waals surface area contributed by atoms with Crippen LogP contribution < -0.4 is 4.74 Å². The van der Waals surface area contributed by atoms with E-state index in [1.807, 2.05) is 30.3 Å². The second kappa shape index (κ2) is 6.49. The van der Waals surface area contributed by atoms with Gasteiger partial charge in [-0.3, -0.25) is 10.1 Å². The smallest absolute Gasteiger partial charge is 0.311 e. The van der Waals surface area contributed by atoms with E-state index in [1.165, 1.54) is 6.07 Å². The summed E-state index contributed by atoms with van der Waals surface area (Å²) in [5, 5.41) is 19.1. The molecule has 0 saturated carbocycles. The number of nitro benzene ring substituents is 1. The lowest BCUT2D eigenvalue weighted by Gasteiger charge is -2.11. The maximum atomic E-state index is 11.2. The summed E-state index contributed by atoms with van der Waals surface area (Å²) in [7, 11) is 0. The molecule has 1 unspecified atom stereocenters. The van der Waals surface area contributed by atoms with Crippen LogP contribution in [0.3, 0.4) is 0 Å².